The topological polar surface area (TPSA) is 40.5 Å². The Kier molecular flexibility index (Phi) is 5.33. The molecule has 1 aliphatic rings. The van der Waals surface area contributed by atoms with Crippen molar-refractivity contribution in [1.29, 1.82) is 0 Å². The van der Waals surface area contributed by atoms with Gasteiger partial charge in [-0.25, -0.2) is 0 Å². The lowest BCUT2D eigenvalue weighted by molar-refractivity contribution is -0.149. The second kappa shape index (κ2) is 7.90. The molecule has 1 fully saturated rings. The molecule has 4 nitrogen and oxygen atoms in total. The van der Waals surface area contributed by atoms with Crippen molar-refractivity contribution < 1.29 is 14.3 Å². The Labute approximate surface area is 173 Å². The Bertz CT molecular complexity index is 941. The summed E-state index contributed by atoms with van der Waals surface area (Å²) in [4.78, 5) is 12.4. The van der Waals surface area contributed by atoms with Crippen LogP contribution in [-0.4, -0.2) is 21.0 Å². The van der Waals surface area contributed by atoms with E-state index < -0.39 is 22.3 Å². The predicted octanol–water partition coefficient (Wildman–Crippen LogP) is 4.83. The fourth-order valence-electron chi connectivity index (χ4n) is 3.11. The van der Waals surface area contributed by atoms with Crippen LogP contribution in [0.5, 0.6) is 5.75 Å². The maximum atomic E-state index is 12.4. The third-order valence-corrected chi connectivity index (χ3v) is 5.57. The molecule has 2 aromatic carbocycles. The number of carbonyl (C=O) groups is 1. The number of hydrogen-bond donors (Lipinski definition) is 0. The lowest BCUT2D eigenvalue weighted by atomic mass is 10.1. The molecule has 1 aliphatic carbocycles. The first-order valence-electron chi connectivity index (χ1n) is 8.99. The second-order valence-electron chi connectivity index (χ2n) is 6.79. The number of carbonyl (C=O) groups excluding carboxylic acids is 1. The minimum Gasteiger partial charge on any atom is -0.486 e. The smallest absolute Gasteiger partial charge is 0.317 e. The largest absolute Gasteiger partial charge is 0.486 e. The number of hydrogen-bond acceptors (Lipinski definition) is 3. The van der Waals surface area contributed by atoms with Crippen LogP contribution < -0.4 is 4.74 Å². The van der Waals surface area contributed by atoms with Gasteiger partial charge in [-0.1, -0.05) is 71.7 Å². The van der Waals surface area contributed by atoms with Crippen LogP contribution in [0, 0.1) is 5.92 Å². The molecule has 1 heterocycles. The number of esters is 1. The van der Waals surface area contributed by atoms with Crippen molar-refractivity contribution in [3.8, 4) is 5.75 Å². The molecule has 0 aliphatic heterocycles. The molecule has 2 atom stereocenters. The fourth-order valence-corrected chi connectivity index (χ4v) is 3.73. The molecule has 0 amide bonds. The first-order valence-corrected chi connectivity index (χ1v) is 9.74. The molecule has 0 spiro atoms. The average molecular weight is 416 g/mol. The number of rotatable bonds is 7. The van der Waals surface area contributed by atoms with Gasteiger partial charge in [-0.05, 0) is 35.7 Å². The maximum Gasteiger partial charge on any atom is 0.317 e. The first-order chi connectivity index (χ1) is 13.5. The van der Waals surface area contributed by atoms with Gasteiger partial charge >= 0.3 is 5.97 Å². The molecule has 4 rings (SSSR count). The van der Waals surface area contributed by atoms with Gasteiger partial charge < -0.3 is 14.0 Å². The third kappa shape index (κ3) is 4.18. The second-order valence-corrected chi connectivity index (χ2v) is 8.24. The Morgan fingerprint density at radius 2 is 1.64 bits per heavy atom. The van der Waals surface area contributed by atoms with Crippen LogP contribution in [0.2, 0.25) is 0 Å². The van der Waals surface area contributed by atoms with Gasteiger partial charge in [0.1, 0.15) is 17.8 Å². The van der Waals surface area contributed by atoms with Gasteiger partial charge in [-0.15, -0.1) is 0 Å². The van der Waals surface area contributed by atoms with Gasteiger partial charge in [0.2, 0.25) is 0 Å². The minimum absolute atomic E-state index is 0.103. The van der Waals surface area contributed by atoms with E-state index in [-0.39, 0.29) is 6.73 Å². The Morgan fingerprint density at radius 1 is 0.964 bits per heavy atom. The number of para-hydroxylation sites is 1. The standard InChI is InChI=1S/C22H19Cl2NO3/c23-22(24)19(20(22)28-18-9-5-2-6-10-18)21(26)27-15-25-12-11-17(14-25)13-16-7-3-1-4-8-16/h1-12,14,19-20H,13,15H2. The number of ether oxygens (including phenoxy) is 2. The molecule has 6 heteroatoms. The van der Waals surface area contributed by atoms with Crippen molar-refractivity contribution in [2.24, 2.45) is 5.92 Å². The third-order valence-electron chi connectivity index (χ3n) is 4.67. The van der Waals surface area contributed by atoms with Crippen molar-refractivity contribution >= 4 is 29.2 Å². The van der Waals surface area contributed by atoms with Crippen LogP contribution in [0.15, 0.2) is 79.1 Å². The molecule has 0 bridgehead atoms. The van der Waals surface area contributed by atoms with Crippen molar-refractivity contribution in [1.82, 2.24) is 4.57 Å². The van der Waals surface area contributed by atoms with Crippen molar-refractivity contribution in [2.45, 2.75) is 23.6 Å². The number of aromatic nitrogens is 1. The van der Waals surface area contributed by atoms with Crippen molar-refractivity contribution in [3.63, 3.8) is 0 Å². The molecule has 1 aromatic heterocycles. The zero-order chi connectivity index (χ0) is 19.6. The van der Waals surface area contributed by atoms with Crippen LogP contribution in [0.4, 0.5) is 0 Å². The van der Waals surface area contributed by atoms with E-state index in [0.29, 0.717) is 5.75 Å². The summed E-state index contributed by atoms with van der Waals surface area (Å²) in [6, 6.07) is 21.3. The summed E-state index contributed by atoms with van der Waals surface area (Å²) in [5.74, 6) is -0.566. The average Bonchev–Trinajstić information content (AvgIpc) is 3.02. The minimum atomic E-state index is -1.28. The molecule has 144 valence electrons. The predicted molar refractivity (Wildman–Crippen MR) is 109 cm³/mol. The highest BCUT2D eigenvalue weighted by molar-refractivity contribution is 6.53. The number of nitrogens with zero attached hydrogens (tertiary/aromatic N) is 1. The van der Waals surface area contributed by atoms with E-state index in [1.807, 2.05) is 59.4 Å². The normalized spacial score (nSPS) is 19.8. The van der Waals surface area contributed by atoms with Crippen LogP contribution in [0.1, 0.15) is 11.1 Å². The fraction of sp³-hybridized carbons (Fsp3) is 0.227. The molecule has 3 aromatic rings. The molecular weight excluding hydrogens is 397 g/mol. The quantitative estimate of drug-likeness (QED) is 0.409. The van der Waals surface area contributed by atoms with Crippen LogP contribution >= 0.6 is 23.2 Å². The highest BCUT2D eigenvalue weighted by Gasteiger charge is 2.71. The number of halogens is 2. The van der Waals surface area contributed by atoms with E-state index >= 15 is 0 Å². The van der Waals surface area contributed by atoms with Gasteiger partial charge in [0.25, 0.3) is 0 Å². The van der Waals surface area contributed by atoms with Gasteiger partial charge in [0.15, 0.2) is 11.1 Å². The van der Waals surface area contributed by atoms with Gasteiger partial charge in [-0.3, -0.25) is 4.79 Å². The lowest BCUT2D eigenvalue weighted by Gasteiger charge is -2.06. The van der Waals surface area contributed by atoms with E-state index in [2.05, 4.69) is 12.1 Å². The van der Waals surface area contributed by atoms with Crippen LogP contribution in [0.25, 0.3) is 0 Å². The lowest BCUT2D eigenvalue weighted by Crippen LogP contribution is -2.14. The van der Waals surface area contributed by atoms with Gasteiger partial charge in [-0.2, -0.15) is 0 Å². The molecule has 0 saturated heterocycles. The Hall–Kier alpha value is -2.43. The van der Waals surface area contributed by atoms with Crippen molar-refractivity contribution in [2.75, 3.05) is 0 Å². The van der Waals surface area contributed by atoms with E-state index in [4.69, 9.17) is 32.7 Å². The zero-order valence-corrected chi connectivity index (χ0v) is 16.5. The molecular formula is C22H19Cl2NO3. The summed E-state index contributed by atoms with van der Waals surface area (Å²) in [6.07, 6.45) is 4.04. The van der Waals surface area contributed by atoms with Crippen molar-refractivity contribution in [3.05, 3.63) is 90.3 Å². The molecule has 1 saturated carbocycles. The summed E-state index contributed by atoms with van der Waals surface area (Å²) in [5, 5.41) is 0. The highest BCUT2D eigenvalue weighted by Crippen LogP contribution is 2.55. The summed E-state index contributed by atoms with van der Waals surface area (Å²) in [5.41, 5.74) is 2.37. The first kappa shape index (κ1) is 18.9. The summed E-state index contributed by atoms with van der Waals surface area (Å²) in [6.45, 7) is 0.103. The van der Waals surface area contributed by atoms with Crippen LogP contribution in [-0.2, 0) is 22.7 Å². The van der Waals surface area contributed by atoms with Gasteiger partial charge in [0.05, 0.1) is 0 Å². The zero-order valence-electron chi connectivity index (χ0n) is 15.0. The van der Waals surface area contributed by atoms with E-state index in [0.717, 1.165) is 12.0 Å². The number of benzene rings is 2. The Balaban J connectivity index is 1.31. The van der Waals surface area contributed by atoms with Crippen LogP contribution in [0.3, 0.4) is 0 Å². The molecule has 2 unspecified atom stereocenters. The van der Waals surface area contributed by atoms with E-state index in [1.165, 1.54) is 5.56 Å². The maximum absolute atomic E-state index is 12.4. The monoisotopic (exact) mass is 415 g/mol. The summed E-state index contributed by atoms with van der Waals surface area (Å²) in [7, 11) is 0. The molecule has 0 N–H and O–H groups in total. The highest BCUT2D eigenvalue weighted by atomic mass is 35.5. The van der Waals surface area contributed by atoms with E-state index in [9.17, 15) is 4.79 Å². The number of alkyl halides is 2. The SMILES string of the molecule is O=C(OCn1ccc(Cc2ccccc2)c1)C1C(Oc2ccccc2)C1(Cl)Cl. The molecule has 28 heavy (non-hydrogen) atoms. The van der Waals surface area contributed by atoms with Gasteiger partial charge in [0, 0.05) is 12.4 Å². The molecule has 0 radical (unpaired) electrons. The summed E-state index contributed by atoms with van der Waals surface area (Å²) >= 11 is 12.5. The Morgan fingerprint density at radius 3 is 2.36 bits per heavy atom. The summed E-state index contributed by atoms with van der Waals surface area (Å²) < 4.78 is 11.7. The van der Waals surface area contributed by atoms with E-state index in [1.54, 1.807) is 12.1 Å².